The van der Waals surface area contributed by atoms with Crippen LogP contribution < -0.4 is 0 Å². The lowest BCUT2D eigenvalue weighted by Crippen LogP contribution is -2.45. The van der Waals surface area contributed by atoms with E-state index in [1.54, 1.807) is 0 Å². The van der Waals surface area contributed by atoms with E-state index in [4.69, 9.17) is 0 Å². The Morgan fingerprint density at radius 2 is 1.92 bits per heavy atom. The first-order valence-electron chi connectivity index (χ1n) is 3.32. The summed E-state index contributed by atoms with van der Waals surface area (Å²) in [6, 6.07) is 0. The Labute approximate surface area is 71.7 Å². The number of allylic oxidation sites excluding steroid dienone is 2. The molecule has 7 heteroatoms. The SMILES string of the molecule is O=[N+]([O-])C1([N+](=O)[O-])C=CC=C(F)C1. The van der Waals surface area contributed by atoms with E-state index in [1.165, 1.54) is 0 Å². The summed E-state index contributed by atoms with van der Waals surface area (Å²) in [5.41, 5.74) is -2.53. The third-order valence-corrected chi connectivity index (χ3v) is 1.70. The van der Waals surface area contributed by atoms with E-state index in [1.807, 2.05) is 0 Å². The van der Waals surface area contributed by atoms with Crippen LogP contribution in [0.25, 0.3) is 0 Å². The van der Waals surface area contributed by atoms with E-state index in [0.717, 1.165) is 18.2 Å². The average molecular weight is 188 g/mol. The lowest BCUT2D eigenvalue weighted by atomic mass is 10.0. The van der Waals surface area contributed by atoms with Crippen molar-refractivity contribution in [1.82, 2.24) is 0 Å². The molecule has 0 spiro atoms. The maximum absolute atomic E-state index is 12.6. The number of nitro groups is 2. The van der Waals surface area contributed by atoms with Crippen LogP contribution >= 0.6 is 0 Å². The van der Waals surface area contributed by atoms with Gasteiger partial charge in [0.25, 0.3) is 0 Å². The van der Waals surface area contributed by atoms with Crippen LogP contribution in [0.4, 0.5) is 4.39 Å². The molecular formula is C6H5FN2O4. The van der Waals surface area contributed by atoms with Crippen molar-refractivity contribution in [2.45, 2.75) is 12.1 Å². The standard InChI is InChI=1S/C6H5FN2O4/c7-5-2-1-3-6(4-5,8(10)11)9(12)13/h1-3H,4H2. The normalized spacial score (nSPS) is 19.3. The molecule has 0 bridgehead atoms. The van der Waals surface area contributed by atoms with Gasteiger partial charge in [0, 0.05) is 0 Å². The lowest BCUT2D eigenvalue weighted by molar-refractivity contribution is -0.781. The minimum Gasteiger partial charge on any atom is -0.258 e. The Balaban J connectivity index is 3.09. The summed E-state index contributed by atoms with van der Waals surface area (Å²) in [4.78, 5) is 18.6. The van der Waals surface area contributed by atoms with Gasteiger partial charge in [-0.15, -0.1) is 0 Å². The first-order valence-corrected chi connectivity index (χ1v) is 3.32. The highest BCUT2D eigenvalue weighted by Crippen LogP contribution is 2.27. The van der Waals surface area contributed by atoms with Crippen molar-refractivity contribution in [1.29, 1.82) is 0 Å². The minimum absolute atomic E-state index is 0.774. The lowest BCUT2D eigenvalue weighted by Gasteiger charge is -2.14. The topological polar surface area (TPSA) is 86.3 Å². The summed E-state index contributed by atoms with van der Waals surface area (Å²) < 4.78 is 12.6. The second-order valence-corrected chi connectivity index (χ2v) is 2.54. The molecule has 1 rings (SSSR count). The molecule has 0 fully saturated rings. The summed E-state index contributed by atoms with van der Waals surface area (Å²) in [6.07, 6.45) is 1.88. The van der Waals surface area contributed by atoms with Crippen LogP contribution in [0.3, 0.4) is 0 Å². The predicted octanol–water partition coefficient (Wildman–Crippen LogP) is 1.05. The van der Waals surface area contributed by atoms with Gasteiger partial charge in [0.05, 0.1) is 6.08 Å². The van der Waals surface area contributed by atoms with Crippen molar-refractivity contribution in [3.05, 3.63) is 44.3 Å². The second-order valence-electron chi connectivity index (χ2n) is 2.54. The fourth-order valence-corrected chi connectivity index (χ4v) is 0.991. The second kappa shape index (κ2) is 2.92. The zero-order valence-electron chi connectivity index (χ0n) is 6.34. The van der Waals surface area contributed by atoms with Crippen LogP contribution in [0, 0.1) is 20.2 Å². The molecule has 13 heavy (non-hydrogen) atoms. The van der Waals surface area contributed by atoms with Crippen molar-refractivity contribution in [3.63, 3.8) is 0 Å². The first kappa shape index (κ1) is 9.30. The van der Waals surface area contributed by atoms with E-state index in [2.05, 4.69) is 0 Å². The van der Waals surface area contributed by atoms with Crippen LogP contribution in [0.15, 0.2) is 24.1 Å². The van der Waals surface area contributed by atoms with Crippen molar-refractivity contribution in [2.24, 2.45) is 0 Å². The van der Waals surface area contributed by atoms with E-state index in [-0.39, 0.29) is 0 Å². The molecule has 1 aliphatic rings. The fourth-order valence-electron chi connectivity index (χ4n) is 0.991. The van der Waals surface area contributed by atoms with Gasteiger partial charge in [0.1, 0.15) is 22.1 Å². The number of hydrogen-bond donors (Lipinski definition) is 0. The molecule has 0 amide bonds. The maximum atomic E-state index is 12.6. The molecular weight excluding hydrogens is 183 g/mol. The van der Waals surface area contributed by atoms with Gasteiger partial charge in [-0.05, 0) is 12.2 Å². The average Bonchev–Trinajstić information content (AvgIpc) is 2.03. The Kier molecular flexibility index (Phi) is 2.09. The highest BCUT2D eigenvalue weighted by Gasteiger charge is 2.55. The van der Waals surface area contributed by atoms with Gasteiger partial charge in [-0.1, -0.05) is 0 Å². The van der Waals surface area contributed by atoms with E-state index in [0.29, 0.717) is 0 Å². The zero-order valence-corrected chi connectivity index (χ0v) is 6.34. The molecule has 0 saturated carbocycles. The van der Waals surface area contributed by atoms with Crippen molar-refractivity contribution in [2.75, 3.05) is 0 Å². The van der Waals surface area contributed by atoms with Crippen molar-refractivity contribution in [3.8, 4) is 0 Å². The van der Waals surface area contributed by atoms with Crippen molar-refractivity contribution < 1.29 is 14.2 Å². The summed E-state index contributed by atoms with van der Waals surface area (Å²) in [5, 5.41) is 20.8. The Bertz CT molecular complexity index is 309. The molecule has 0 saturated heterocycles. The molecule has 70 valence electrons. The van der Waals surface area contributed by atoms with Gasteiger partial charge in [-0.2, -0.15) is 0 Å². The van der Waals surface area contributed by atoms with Crippen LogP contribution in [0.5, 0.6) is 0 Å². The van der Waals surface area contributed by atoms with Crippen LogP contribution in [-0.4, -0.2) is 15.5 Å². The molecule has 0 aromatic carbocycles. The van der Waals surface area contributed by atoms with Gasteiger partial charge in [-0.25, -0.2) is 4.39 Å². The molecule has 0 atom stereocenters. The third-order valence-electron chi connectivity index (χ3n) is 1.70. The highest BCUT2D eigenvalue weighted by molar-refractivity contribution is 5.18. The number of hydrogen-bond acceptors (Lipinski definition) is 4. The van der Waals surface area contributed by atoms with Crippen LogP contribution in [0.1, 0.15) is 6.42 Å². The monoisotopic (exact) mass is 188 g/mol. The van der Waals surface area contributed by atoms with Gasteiger partial charge in [-0.3, -0.25) is 20.2 Å². The molecule has 0 radical (unpaired) electrons. The molecule has 0 N–H and O–H groups in total. The third kappa shape index (κ3) is 1.40. The Morgan fingerprint density at radius 3 is 2.23 bits per heavy atom. The zero-order chi connectivity index (χ0) is 10.1. The van der Waals surface area contributed by atoms with E-state index in [9.17, 15) is 24.6 Å². The molecule has 6 nitrogen and oxygen atoms in total. The van der Waals surface area contributed by atoms with Gasteiger partial charge >= 0.3 is 5.66 Å². The molecule has 0 unspecified atom stereocenters. The predicted molar refractivity (Wildman–Crippen MR) is 39.7 cm³/mol. The highest BCUT2D eigenvalue weighted by atomic mass is 19.1. The molecule has 0 heterocycles. The minimum atomic E-state index is -2.53. The summed E-state index contributed by atoms with van der Waals surface area (Å²) in [6.45, 7) is 0. The number of halogens is 1. The Morgan fingerprint density at radius 1 is 1.38 bits per heavy atom. The molecule has 0 aromatic rings. The Hall–Kier alpha value is -1.79. The van der Waals surface area contributed by atoms with Crippen molar-refractivity contribution >= 4 is 0 Å². The summed E-state index contributed by atoms with van der Waals surface area (Å²) in [7, 11) is 0. The number of nitrogens with zero attached hydrogens (tertiary/aromatic N) is 2. The maximum Gasteiger partial charge on any atom is 0.484 e. The van der Waals surface area contributed by atoms with E-state index < -0.39 is 27.8 Å². The fraction of sp³-hybridized carbons (Fsp3) is 0.333. The van der Waals surface area contributed by atoms with Gasteiger partial charge < -0.3 is 0 Å². The quantitative estimate of drug-likeness (QED) is 0.368. The molecule has 0 aromatic heterocycles. The molecule has 1 aliphatic carbocycles. The number of rotatable bonds is 2. The smallest absolute Gasteiger partial charge is 0.258 e. The molecule has 0 aliphatic heterocycles. The first-order chi connectivity index (χ1) is 5.99. The van der Waals surface area contributed by atoms with Crippen LogP contribution in [-0.2, 0) is 0 Å². The largest absolute Gasteiger partial charge is 0.484 e. The summed E-state index contributed by atoms with van der Waals surface area (Å²) >= 11 is 0. The van der Waals surface area contributed by atoms with Gasteiger partial charge in [0.2, 0.25) is 0 Å². The van der Waals surface area contributed by atoms with E-state index >= 15 is 0 Å². The summed E-state index contributed by atoms with van der Waals surface area (Å²) in [5.74, 6) is -0.865. The van der Waals surface area contributed by atoms with Crippen LogP contribution in [0.2, 0.25) is 0 Å². The van der Waals surface area contributed by atoms with Gasteiger partial charge in [0.15, 0.2) is 0 Å².